The molecule has 0 saturated heterocycles. The number of hydrogen-bond acceptors (Lipinski definition) is 2. The van der Waals surface area contributed by atoms with Crippen molar-refractivity contribution in [1.82, 2.24) is 10.6 Å². The first-order valence-corrected chi connectivity index (χ1v) is 7.64. The lowest BCUT2D eigenvalue weighted by Crippen LogP contribution is -2.41. The molecule has 1 aliphatic rings. The molecule has 1 aliphatic carbocycles. The highest BCUT2D eigenvalue weighted by molar-refractivity contribution is 5.78. The summed E-state index contributed by atoms with van der Waals surface area (Å²) in [5.74, 6) is 1.05. The number of carbonyl (C=O) groups excluding carboxylic acids is 1. The predicted molar refractivity (Wildman–Crippen MR) is 76.6 cm³/mol. The molecule has 0 aliphatic heterocycles. The van der Waals surface area contributed by atoms with Crippen LogP contribution in [0.15, 0.2) is 0 Å². The maximum atomic E-state index is 11.6. The average Bonchev–Trinajstić information content (AvgIpc) is 2.52. The molecule has 106 valence electrons. The first-order valence-electron chi connectivity index (χ1n) is 7.64. The molecule has 1 amide bonds. The van der Waals surface area contributed by atoms with Gasteiger partial charge in [-0.3, -0.25) is 4.79 Å². The predicted octanol–water partition coefficient (Wildman–Crippen LogP) is 2.85. The molecule has 1 saturated carbocycles. The molecule has 0 aromatic carbocycles. The Morgan fingerprint density at radius 2 is 2.00 bits per heavy atom. The van der Waals surface area contributed by atoms with E-state index in [0.717, 1.165) is 5.92 Å². The average molecular weight is 254 g/mol. The largest absolute Gasteiger partial charge is 0.353 e. The van der Waals surface area contributed by atoms with Gasteiger partial charge in [0.25, 0.3) is 0 Å². The highest BCUT2D eigenvalue weighted by atomic mass is 16.1. The lowest BCUT2D eigenvalue weighted by molar-refractivity contribution is -0.120. The summed E-state index contributed by atoms with van der Waals surface area (Å²) < 4.78 is 0. The van der Waals surface area contributed by atoms with Crippen molar-refractivity contribution >= 4 is 5.91 Å². The van der Waals surface area contributed by atoms with Crippen molar-refractivity contribution in [2.75, 3.05) is 6.54 Å². The Morgan fingerprint density at radius 1 is 1.22 bits per heavy atom. The minimum Gasteiger partial charge on any atom is -0.353 e. The van der Waals surface area contributed by atoms with Crippen molar-refractivity contribution in [1.29, 1.82) is 0 Å². The highest BCUT2D eigenvalue weighted by Crippen LogP contribution is 2.26. The molecule has 1 rings (SSSR count). The maximum Gasteiger partial charge on any atom is 0.234 e. The highest BCUT2D eigenvalue weighted by Gasteiger charge is 2.18. The summed E-state index contributed by atoms with van der Waals surface area (Å²) in [5, 5.41) is 6.34. The standard InChI is InChI=1S/C15H30N2O/c1-4-6-13-7-5-8-14(10-9-13)16-11-15(18)17-12(2)3/h12-14,16H,4-11H2,1-3H3,(H,17,18). The monoisotopic (exact) mass is 254 g/mol. The lowest BCUT2D eigenvalue weighted by Gasteiger charge is -2.17. The fraction of sp³-hybridized carbons (Fsp3) is 0.933. The van der Waals surface area contributed by atoms with Crippen LogP contribution in [-0.2, 0) is 4.79 Å². The van der Waals surface area contributed by atoms with Gasteiger partial charge in [0, 0.05) is 12.1 Å². The van der Waals surface area contributed by atoms with Crippen LogP contribution in [0.5, 0.6) is 0 Å². The molecule has 0 aromatic rings. The molecule has 0 aromatic heterocycles. The van der Waals surface area contributed by atoms with Gasteiger partial charge < -0.3 is 10.6 Å². The molecule has 0 bridgehead atoms. The smallest absolute Gasteiger partial charge is 0.234 e. The molecule has 0 heterocycles. The topological polar surface area (TPSA) is 41.1 Å². The summed E-state index contributed by atoms with van der Waals surface area (Å²) in [4.78, 5) is 11.6. The van der Waals surface area contributed by atoms with Gasteiger partial charge >= 0.3 is 0 Å². The van der Waals surface area contributed by atoms with Crippen molar-refractivity contribution in [2.45, 2.75) is 77.8 Å². The van der Waals surface area contributed by atoms with Crippen molar-refractivity contribution in [3.63, 3.8) is 0 Å². The van der Waals surface area contributed by atoms with Crippen molar-refractivity contribution < 1.29 is 4.79 Å². The van der Waals surface area contributed by atoms with Gasteiger partial charge in [0.1, 0.15) is 0 Å². The van der Waals surface area contributed by atoms with E-state index in [1.165, 1.54) is 44.9 Å². The number of amides is 1. The van der Waals surface area contributed by atoms with Crippen LogP contribution < -0.4 is 10.6 Å². The first kappa shape index (κ1) is 15.5. The van der Waals surface area contributed by atoms with E-state index in [0.29, 0.717) is 12.6 Å². The second-order valence-corrected chi connectivity index (χ2v) is 5.96. The number of carbonyl (C=O) groups is 1. The quantitative estimate of drug-likeness (QED) is 0.716. The van der Waals surface area contributed by atoms with Gasteiger partial charge in [0.05, 0.1) is 6.54 Å². The van der Waals surface area contributed by atoms with E-state index >= 15 is 0 Å². The van der Waals surface area contributed by atoms with E-state index < -0.39 is 0 Å². The molecule has 18 heavy (non-hydrogen) atoms. The minimum absolute atomic E-state index is 0.124. The molecule has 3 heteroatoms. The molecule has 0 radical (unpaired) electrons. The summed E-state index contributed by atoms with van der Waals surface area (Å²) in [6, 6.07) is 0.784. The third kappa shape index (κ3) is 6.39. The lowest BCUT2D eigenvalue weighted by atomic mass is 9.95. The molecular weight excluding hydrogens is 224 g/mol. The van der Waals surface area contributed by atoms with Gasteiger partial charge in [-0.2, -0.15) is 0 Å². The first-order chi connectivity index (χ1) is 8.61. The number of nitrogens with one attached hydrogen (secondary N) is 2. The van der Waals surface area contributed by atoms with Crippen LogP contribution in [0.1, 0.15) is 65.7 Å². The van der Waals surface area contributed by atoms with Crippen LogP contribution in [0.2, 0.25) is 0 Å². The number of rotatable bonds is 6. The Hall–Kier alpha value is -0.570. The van der Waals surface area contributed by atoms with Gasteiger partial charge in [-0.1, -0.05) is 32.6 Å². The Balaban J connectivity index is 2.21. The van der Waals surface area contributed by atoms with Crippen LogP contribution >= 0.6 is 0 Å². The molecule has 0 spiro atoms. The fourth-order valence-corrected chi connectivity index (χ4v) is 2.89. The van der Waals surface area contributed by atoms with E-state index in [-0.39, 0.29) is 11.9 Å². The van der Waals surface area contributed by atoms with Crippen LogP contribution in [0.4, 0.5) is 0 Å². The summed E-state index contributed by atoms with van der Waals surface area (Å²) in [5.41, 5.74) is 0. The van der Waals surface area contributed by atoms with Crippen LogP contribution in [-0.4, -0.2) is 24.5 Å². The Labute approximate surface area is 112 Å². The van der Waals surface area contributed by atoms with E-state index in [2.05, 4.69) is 17.6 Å². The molecule has 3 nitrogen and oxygen atoms in total. The molecule has 2 unspecified atom stereocenters. The molecule has 2 N–H and O–H groups in total. The summed E-state index contributed by atoms with van der Waals surface area (Å²) in [7, 11) is 0. The fourth-order valence-electron chi connectivity index (χ4n) is 2.89. The van der Waals surface area contributed by atoms with Crippen LogP contribution in [0, 0.1) is 5.92 Å². The van der Waals surface area contributed by atoms with Gasteiger partial charge in [-0.15, -0.1) is 0 Å². The Bertz CT molecular complexity index is 241. The van der Waals surface area contributed by atoms with Crippen molar-refractivity contribution in [3.05, 3.63) is 0 Å². The van der Waals surface area contributed by atoms with E-state index in [4.69, 9.17) is 0 Å². The van der Waals surface area contributed by atoms with Crippen LogP contribution in [0.25, 0.3) is 0 Å². The zero-order chi connectivity index (χ0) is 13.4. The Kier molecular flexibility index (Phi) is 7.33. The van der Waals surface area contributed by atoms with Gasteiger partial charge in [0.15, 0.2) is 0 Å². The Morgan fingerprint density at radius 3 is 2.67 bits per heavy atom. The minimum atomic E-state index is 0.124. The summed E-state index contributed by atoms with van der Waals surface area (Å²) in [6.45, 7) is 6.75. The van der Waals surface area contributed by atoms with Gasteiger partial charge in [-0.05, 0) is 39.0 Å². The van der Waals surface area contributed by atoms with Crippen molar-refractivity contribution in [2.24, 2.45) is 5.92 Å². The third-order valence-corrected chi connectivity index (χ3v) is 3.79. The number of hydrogen-bond donors (Lipinski definition) is 2. The van der Waals surface area contributed by atoms with Gasteiger partial charge in [-0.25, -0.2) is 0 Å². The van der Waals surface area contributed by atoms with E-state index in [1.807, 2.05) is 13.8 Å². The van der Waals surface area contributed by atoms with E-state index in [1.54, 1.807) is 0 Å². The normalized spacial score (nSPS) is 24.9. The SMILES string of the molecule is CCCC1CCCC(NCC(=O)NC(C)C)CC1. The summed E-state index contributed by atoms with van der Waals surface area (Å²) >= 11 is 0. The van der Waals surface area contributed by atoms with Crippen LogP contribution in [0.3, 0.4) is 0 Å². The third-order valence-electron chi connectivity index (χ3n) is 3.79. The zero-order valence-corrected chi connectivity index (χ0v) is 12.3. The molecule has 2 atom stereocenters. The second kappa shape index (κ2) is 8.52. The zero-order valence-electron chi connectivity index (χ0n) is 12.3. The molecular formula is C15H30N2O. The second-order valence-electron chi connectivity index (χ2n) is 5.96. The molecule has 1 fully saturated rings. The van der Waals surface area contributed by atoms with E-state index in [9.17, 15) is 4.79 Å². The maximum absolute atomic E-state index is 11.6. The van der Waals surface area contributed by atoms with Gasteiger partial charge in [0.2, 0.25) is 5.91 Å². The van der Waals surface area contributed by atoms with Crippen molar-refractivity contribution in [3.8, 4) is 0 Å². The summed E-state index contributed by atoms with van der Waals surface area (Å²) in [6.07, 6.45) is 9.17.